The maximum Gasteiger partial charge on any atom is 0.255 e. The quantitative estimate of drug-likeness (QED) is 0.283. The summed E-state index contributed by atoms with van der Waals surface area (Å²) in [4.78, 5) is 17.1. The summed E-state index contributed by atoms with van der Waals surface area (Å²) in [7, 11) is 0. The molecule has 0 saturated heterocycles. The van der Waals surface area contributed by atoms with Gasteiger partial charge in [0.2, 0.25) is 5.89 Å². The SMILES string of the molecule is Cc1ccc2oc(-c3cn[nH]c3-c3ccc(NC(=O)c4ccc(I)cc4)cc3)nc2c1. The van der Waals surface area contributed by atoms with Crippen molar-refractivity contribution in [2.24, 2.45) is 0 Å². The number of carbonyl (C=O) groups is 1. The third kappa shape index (κ3) is 3.96. The number of aryl methyl sites for hydroxylation is 1. The van der Waals surface area contributed by atoms with Gasteiger partial charge in [-0.05, 0) is 83.6 Å². The van der Waals surface area contributed by atoms with E-state index in [2.05, 4.69) is 43.1 Å². The van der Waals surface area contributed by atoms with Crippen molar-refractivity contribution in [2.75, 3.05) is 5.32 Å². The topological polar surface area (TPSA) is 83.8 Å². The lowest BCUT2D eigenvalue weighted by atomic mass is 10.1. The van der Waals surface area contributed by atoms with Crippen molar-refractivity contribution in [1.82, 2.24) is 15.2 Å². The summed E-state index contributed by atoms with van der Waals surface area (Å²) in [6, 6.07) is 20.9. The summed E-state index contributed by atoms with van der Waals surface area (Å²) < 4.78 is 7.02. The number of aromatic nitrogens is 3. The predicted molar refractivity (Wildman–Crippen MR) is 129 cm³/mol. The molecule has 0 bridgehead atoms. The van der Waals surface area contributed by atoms with Crippen molar-refractivity contribution in [3.05, 3.63) is 87.6 Å². The Labute approximate surface area is 191 Å². The molecule has 152 valence electrons. The van der Waals surface area contributed by atoms with Crippen LogP contribution in [0.2, 0.25) is 0 Å². The number of rotatable bonds is 4. The zero-order chi connectivity index (χ0) is 21.4. The Morgan fingerprint density at radius 1 is 1.03 bits per heavy atom. The van der Waals surface area contributed by atoms with Crippen LogP contribution >= 0.6 is 22.6 Å². The van der Waals surface area contributed by atoms with Gasteiger partial charge in [0, 0.05) is 20.4 Å². The molecule has 2 heterocycles. The highest BCUT2D eigenvalue weighted by Gasteiger charge is 2.16. The minimum atomic E-state index is -0.145. The molecule has 0 unspecified atom stereocenters. The van der Waals surface area contributed by atoms with E-state index in [-0.39, 0.29) is 5.91 Å². The van der Waals surface area contributed by atoms with Crippen LogP contribution in [0.4, 0.5) is 5.69 Å². The molecule has 2 aromatic heterocycles. The van der Waals surface area contributed by atoms with Crippen molar-refractivity contribution in [2.45, 2.75) is 6.92 Å². The highest BCUT2D eigenvalue weighted by atomic mass is 127. The van der Waals surface area contributed by atoms with Gasteiger partial charge in [-0.2, -0.15) is 5.10 Å². The summed E-state index contributed by atoms with van der Waals surface area (Å²) in [5.41, 5.74) is 6.51. The van der Waals surface area contributed by atoms with E-state index in [0.717, 1.165) is 37.1 Å². The van der Waals surface area contributed by atoms with Crippen molar-refractivity contribution >= 4 is 45.3 Å². The lowest BCUT2D eigenvalue weighted by Gasteiger charge is -2.07. The summed E-state index contributed by atoms with van der Waals surface area (Å²) >= 11 is 2.21. The molecule has 0 radical (unpaired) electrons. The van der Waals surface area contributed by atoms with Crippen molar-refractivity contribution < 1.29 is 9.21 Å². The number of nitrogens with zero attached hydrogens (tertiary/aromatic N) is 2. The van der Waals surface area contributed by atoms with Crippen LogP contribution in [0.1, 0.15) is 15.9 Å². The number of benzene rings is 3. The van der Waals surface area contributed by atoms with Crippen LogP contribution in [-0.2, 0) is 0 Å². The van der Waals surface area contributed by atoms with Crippen LogP contribution in [0.5, 0.6) is 0 Å². The van der Waals surface area contributed by atoms with Gasteiger partial charge in [0.05, 0.1) is 17.5 Å². The third-order valence-corrected chi connectivity index (χ3v) is 5.67. The van der Waals surface area contributed by atoms with E-state index in [1.54, 1.807) is 6.20 Å². The number of hydrogen-bond acceptors (Lipinski definition) is 4. The molecule has 0 spiro atoms. The van der Waals surface area contributed by atoms with Gasteiger partial charge in [0.25, 0.3) is 5.91 Å². The van der Waals surface area contributed by atoms with Crippen LogP contribution < -0.4 is 5.32 Å². The Hall–Kier alpha value is -3.46. The first-order valence-corrected chi connectivity index (χ1v) is 10.7. The number of oxazole rings is 1. The maximum atomic E-state index is 12.4. The number of hydrogen-bond donors (Lipinski definition) is 2. The molecule has 0 atom stereocenters. The Bertz CT molecular complexity index is 1390. The number of nitrogens with one attached hydrogen (secondary N) is 2. The standard InChI is InChI=1S/C24H17IN4O2/c1-14-2-11-21-20(12-14)28-24(31-21)19-13-26-29-22(19)15-5-9-18(10-6-15)27-23(30)16-3-7-17(25)8-4-16/h2-13H,1H3,(H,26,29)(H,27,30). The second-order valence-electron chi connectivity index (χ2n) is 7.19. The average molecular weight is 520 g/mol. The average Bonchev–Trinajstić information content (AvgIpc) is 3.41. The second kappa shape index (κ2) is 7.99. The van der Waals surface area contributed by atoms with E-state index in [4.69, 9.17) is 4.42 Å². The molecule has 0 aliphatic rings. The van der Waals surface area contributed by atoms with Crippen LogP contribution in [-0.4, -0.2) is 21.1 Å². The Morgan fingerprint density at radius 3 is 2.58 bits per heavy atom. The predicted octanol–water partition coefficient (Wildman–Crippen LogP) is 6.05. The fourth-order valence-corrected chi connectivity index (χ4v) is 3.71. The minimum absolute atomic E-state index is 0.145. The molecule has 31 heavy (non-hydrogen) atoms. The number of halogens is 1. The van der Waals surface area contributed by atoms with Crippen LogP contribution in [0, 0.1) is 10.5 Å². The number of H-pyrrole nitrogens is 1. The third-order valence-electron chi connectivity index (χ3n) is 4.95. The minimum Gasteiger partial charge on any atom is -0.436 e. The summed E-state index contributed by atoms with van der Waals surface area (Å²) in [6.45, 7) is 2.02. The highest BCUT2D eigenvalue weighted by Crippen LogP contribution is 2.32. The maximum absolute atomic E-state index is 12.4. The molecule has 3 aromatic carbocycles. The van der Waals surface area contributed by atoms with Crippen LogP contribution in [0.15, 0.2) is 77.3 Å². The number of aromatic amines is 1. The lowest BCUT2D eigenvalue weighted by molar-refractivity contribution is 0.102. The molecule has 0 aliphatic heterocycles. The van der Waals surface area contributed by atoms with E-state index in [9.17, 15) is 4.79 Å². The lowest BCUT2D eigenvalue weighted by Crippen LogP contribution is -2.11. The first-order chi connectivity index (χ1) is 15.1. The molecule has 7 heteroatoms. The second-order valence-corrected chi connectivity index (χ2v) is 8.43. The molecule has 5 rings (SSSR count). The normalized spacial score (nSPS) is 11.0. The monoisotopic (exact) mass is 520 g/mol. The van der Waals surface area contributed by atoms with Crippen molar-refractivity contribution in [3.63, 3.8) is 0 Å². The largest absolute Gasteiger partial charge is 0.436 e. The Morgan fingerprint density at radius 2 is 1.81 bits per heavy atom. The Balaban J connectivity index is 1.40. The fourth-order valence-electron chi connectivity index (χ4n) is 3.35. The molecule has 0 aliphatic carbocycles. The summed E-state index contributed by atoms with van der Waals surface area (Å²) in [5, 5.41) is 10.1. The van der Waals surface area contributed by atoms with Crippen LogP contribution in [0.3, 0.4) is 0 Å². The molecular weight excluding hydrogens is 503 g/mol. The van der Waals surface area contributed by atoms with Crippen molar-refractivity contribution in [1.29, 1.82) is 0 Å². The summed E-state index contributed by atoms with van der Waals surface area (Å²) in [5.74, 6) is 0.369. The van der Waals surface area contributed by atoms with Gasteiger partial charge in [-0.25, -0.2) is 4.98 Å². The molecule has 6 nitrogen and oxygen atoms in total. The van der Waals surface area contributed by atoms with E-state index < -0.39 is 0 Å². The van der Waals surface area contributed by atoms with Gasteiger partial charge in [-0.15, -0.1) is 0 Å². The van der Waals surface area contributed by atoms with Gasteiger partial charge in [-0.3, -0.25) is 9.89 Å². The first-order valence-electron chi connectivity index (χ1n) is 9.65. The molecule has 5 aromatic rings. The number of anilines is 1. The fraction of sp³-hybridized carbons (Fsp3) is 0.0417. The number of fused-ring (bicyclic) bond motifs is 1. The highest BCUT2D eigenvalue weighted by molar-refractivity contribution is 14.1. The van der Waals surface area contributed by atoms with Gasteiger partial charge < -0.3 is 9.73 Å². The number of amides is 1. The molecular formula is C24H17IN4O2. The van der Waals surface area contributed by atoms with Gasteiger partial charge in [0.1, 0.15) is 5.52 Å². The zero-order valence-electron chi connectivity index (χ0n) is 16.5. The van der Waals surface area contributed by atoms with Crippen LogP contribution in [0.25, 0.3) is 33.8 Å². The van der Waals surface area contributed by atoms with E-state index in [1.807, 2.05) is 73.7 Å². The number of carbonyl (C=O) groups excluding carboxylic acids is 1. The van der Waals surface area contributed by atoms with E-state index in [0.29, 0.717) is 17.1 Å². The van der Waals surface area contributed by atoms with Gasteiger partial charge in [0.15, 0.2) is 5.58 Å². The zero-order valence-corrected chi connectivity index (χ0v) is 18.7. The molecule has 2 N–H and O–H groups in total. The smallest absolute Gasteiger partial charge is 0.255 e. The summed E-state index contributed by atoms with van der Waals surface area (Å²) in [6.07, 6.45) is 1.71. The molecule has 0 fully saturated rings. The van der Waals surface area contributed by atoms with Gasteiger partial charge >= 0.3 is 0 Å². The molecule has 0 saturated carbocycles. The first kappa shape index (κ1) is 19.5. The van der Waals surface area contributed by atoms with Crippen molar-refractivity contribution in [3.8, 4) is 22.7 Å². The van der Waals surface area contributed by atoms with Gasteiger partial charge in [-0.1, -0.05) is 18.2 Å². The van der Waals surface area contributed by atoms with E-state index >= 15 is 0 Å². The Kier molecular flexibility index (Phi) is 5.03. The van der Waals surface area contributed by atoms with E-state index in [1.165, 1.54) is 0 Å². The molecule has 1 amide bonds.